The number of rotatable bonds is 5. The molecule has 0 unspecified atom stereocenters. The van der Waals surface area contributed by atoms with Crippen LogP contribution in [-0.2, 0) is 0 Å². The van der Waals surface area contributed by atoms with Gasteiger partial charge in [-0.1, -0.05) is 66.7 Å². The predicted octanol–water partition coefficient (Wildman–Crippen LogP) is 7.20. The van der Waals surface area contributed by atoms with Crippen LogP contribution in [0, 0.1) is 0 Å². The molecule has 0 radical (unpaired) electrons. The lowest BCUT2D eigenvalue weighted by atomic mass is 10.2. The highest BCUT2D eigenvalue weighted by Crippen LogP contribution is 2.33. The molecule has 0 spiro atoms. The number of anilines is 1. The van der Waals surface area contributed by atoms with E-state index in [2.05, 4.69) is 10.2 Å². The molecule has 0 aliphatic carbocycles. The van der Waals surface area contributed by atoms with Gasteiger partial charge in [0.1, 0.15) is 16.9 Å². The van der Waals surface area contributed by atoms with Crippen molar-refractivity contribution in [2.45, 2.75) is 0 Å². The maximum Gasteiger partial charge on any atom is 0.202 e. The molecular weight excluding hydrogens is 506 g/mol. The molecule has 2 heterocycles. The maximum absolute atomic E-state index is 12.9. The lowest BCUT2D eigenvalue weighted by molar-refractivity contribution is 0.601. The number of hydrogen-bond donors (Lipinski definition) is 0. The lowest BCUT2D eigenvalue weighted by Crippen LogP contribution is -2.30. The molecule has 7 nitrogen and oxygen atoms in total. The van der Waals surface area contributed by atoms with Crippen molar-refractivity contribution in [1.82, 2.24) is 0 Å². The van der Waals surface area contributed by atoms with Crippen LogP contribution in [0.4, 0.5) is 17.1 Å². The summed E-state index contributed by atoms with van der Waals surface area (Å²) in [5.74, 6) is 0.625. The zero-order valence-electron chi connectivity index (χ0n) is 20.6. The lowest BCUT2D eigenvalue weighted by Gasteiger charge is -2.17. The third-order valence-electron chi connectivity index (χ3n) is 5.82. The van der Waals surface area contributed by atoms with E-state index in [1.54, 1.807) is 18.2 Å². The van der Waals surface area contributed by atoms with E-state index in [4.69, 9.17) is 14.4 Å². The van der Waals surface area contributed by atoms with Gasteiger partial charge in [0, 0.05) is 5.69 Å². The van der Waals surface area contributed by atoms with Gasteiger partial charge in [0.05, 0.1) is 28.5 Å². The van der Waals surface area contributed by atoms with Crippen LogP contribution in [0.2, 0.25) is 0 Å². The molecule has 0 N–H and O–H groups in total. The van der Waals surface area contributed by atoms with Crippen LogP contribution in [0.3, 0.4) is 0 Å². The van der Waals surface area contributed by atoms with E-state index < -0.39 is 0 Å². The molecule has 0 saturated carbocycles. The number of fused-ring (bicyclic) bond motifs is 1. The van der Waals surface area contributed by atoms with Crippen LogP contribution in [0.25, 0.3) is 11.0 Å². The van der Waals surface area contributed by atoms with E-state index in [1.807, 2.05) is 102 Å². The van der Waals surface area contributed by atoms with E-state index in [1.165, 1.54) is 24.2 Å². The van der Waals surface area contributed by atoms with Gasteiger partial charge < -0.3 is 4.42 Å². The second-order valence-electron chi connectivity index (χ2n) is 8.44. The summed E-state index contributed by atoms with van der Waals surface area (Å²) in [5.41, 5.74) is 3.11. The smallest absolute Gasteiger partial charge is 0.202 e. The predicted molar refractivity (Wildman–Crippen MR) is 161 cm³/mol. The van der Waals surface area contributed by atoms with Crippen LogP contribution in [0.1, 0.15) is 5.56 Å². The standard InChI is InChI=1S/C31H21N5O2S/c37-28-22(21-38-27-19-11-10-18-26(27)28)20-32-35-31-36(25-16-8-3-9-17-25)29(33-23-12-4-1-5-13-23)30(39-31)34-24-14-6-2-7-15-24/h1-21H/b32-20+,33-29?,34-30?,35-31-. The molecule has 1 aromatic heterocycles. The van der Waals surface area contributed by atoms with Gasteiger partial charge in [-0.05, 0) is 60.3 Å². The molecule has 5 aromatic rings. The van der Waals surface area contributed by atoms with Gasteiger partial charge in [0.2, 0.25) is 10.6 Å². The fourth-order valence-corrected chi connectivity index (χ4v) is 4.90. The highest BCUT2D eigenvalue weighted by molar-refractivity contribution is 8.29. The van der Waals surface area contributed by atoms with Gasteiger partial charge in [0.15, 0.2) is 5.84 Å². The Kier molecular flexibility index (Phi) is 6.92. The third kappa shape index (κ3) is 5.32. The molecule has 1 aliphatic heterocycles. The SMILES string of the molecule is O=c1c(/C=N/N=C2\SC(=Nc3ccccc3)C(=Nc3ccccc3)N2c2ccccc2)coc2ccccc12. The summed E-state index contributed by atoms with van der Waals surface area (Å²) in [7, 11) is 0. The fourth-order valence-electron chi connectivity index (χ4n) is 3.98. The van der Waals surface area contributed by atoms with Crippen LogP contribution in [-0.4, -0.2) is 22.3 Å². The molecule has 0 amide bonds. The summed E-state index contributed by atoms with van der Waals surface area (Å²) in [6.07, 6.45) is 2.81. The first-order valence-corrected chi connectivity index (χ1v) is 13.0. The van der Waals surface area contributed by atoms with Gasteiger partial charge in [0.25, 0.3) is 0 Å². The second-order valence-corrected chi connectivity index (χ2v) is 9.40. The number of para-hydroxylation sites is 4. The van der Waals surface area contributed by atoms with E-state index in [9.17, 15) is 4.79 Å². The zero-order valence-corrected chi connectivity index (χ0v) is 21.4. The maximum atomic E-state index is 12.9. The van der Waals surface area contributed by atoms with Crippen LogP contribution in [0.15, 0.2) is 151 Å². The van der Waals surface area contributed by atoms with Crippen LogP contribution in [0.5, 0.6) is 0 Å². The molecule has 0 atom stereocenters. The normalized spacial score (nSPS) is 16.7. The second kappa shape index (κ2) is 11.1. The average molecular weight is 528 g/mol. The van der Waals surface area contributed by atoms with Crippen molar-refractivity contribution in [3.63, 3.8) is 0 Å². The van der Waals surface area contributed by atoms with Gasteiger partial charge in [-0.3, -0.25) is 9.69 Å². The van der Waals surface area contributed by atoms with E-state index in [0.717, 1.165) is 17.1 Å². The fraction of sp³-hybridized carbons (Fsp3) is 0. The van der Waals surface area contributed by atoms with Gasteiger partial charge >= 0.3 is 0 Å². The van der Waals surface area contributed by atoms with Crippen molar-refractivity contribution in [3.8, 4) is 0 Å². The summed E-state index contributed by atoms with van der Waals surface area (Å²) in [6.45, 7) is 0. The topological polar surface area (TPSA) is 82.9 Å². The van der Waals surface area contributed by atoms with Crippen molar-refractivity contribution in [2.75, 3.05) is 4.90 Å². The first kappa shape index (κ1) is 24.3. The molecule has 1 aliphatic rings. The van der Waals surface area contributed by atoms with E-state index in [0.29, 0.717) is 32.6 Å². The number of aliphatic imine (C=N–C) groups is 2. The summed E-state index contributed by atoms with van der Waals surface area (Å²) >= 11 is 1.36. The quantitative estimate of drug-likeness (QED) is 0.179. The van der Waals surface area contributed by atoms with E-state index >= 15 is 0 Å². The minimum absolute atomic E-state index is 0.169. The van der Waals surface area contributed by atoms with Gasteiger partial charge in [-0.15, -0.1) is 5.10 Å². The Morgan fingerprint density at radius 2 is 1.33 bits per heavy atom. The molecule has 1 saturated heterocycles. The van der Waals surface area contributed by atoms with Crippen molar-refractivity contribution in [3.05, 3.63) is 137 Å². The van der Waals surface area contributed by atoms with Gasteiger partial charge in [-0.2, -0.15) is 5.10 Å². The molecule has 4 aromatic carbocycles. The van der Waals surface area contributed by atoms with Crippen LogP contribution >= 0.6 is 11.8 Å². The number of benzene rings is 4. The Labute approximate surface area is 228 Å². The summed E-state index contributed by atoms with van der Waals surface area (Å²) in [4.78, 5) is 24.7. The minimum atomic E-state index is -0.169. The van der Waals surface area contributed by atoms with E-state index in [-0.39, 0.29) is 5.43 Å². The molecular formula is C31H21N5O2S. The molecule has 188 valence electrons. The Balaban J connectivity index is 1.45. The summed E-state index contributed by atoms with van der Waals surface area (Å²) < 4.78 is 5.61. The van der Waals surface area contributed by atoms with Crippen LogP contribution < -0.4 is 10.3 Å². The van der Waals surface area contributed by atoms with Crippen molar-refractivity contribution >= 4 is 62.1 Å². The Morgan fingerprint density at radius 3 is 2.05 bits per heavy atom. The average Bonchev–Trinajstić information content (AvgIpc) is 3.32. The molecule has 8 heteroatoms. The largest absolute Gasteiger partial charge is 0.463 e. The molecule has 0 bridgehead atoms. The summed E-state index contributed by atoms with van der Waals surface area (Å²) in [5, 5.41) is 10.5. The Hall–Kier alpha value is -5.08. The zero-order chi connectivity index (χ0) is 26.4. The summed E-state index contributed by atoms with van der Waals surface area (Å²) in [6, 6.07) is 36.3. The number of hydrogen-bond acceptors (Lipinski definition) is 7. The number of amidine groups is 2. The van der Waals surface area contributed by atoms with Crippen molar-refractivity contribution in [1.29, 1.82) is 0 Å². The Bertz CT molecular complexity index is 1800. The first-order chi connectivity index (χ1) is 19.3. The highest BCUT2D eigenvalue weighted by atomic mass is 32.2. The molecule has 39 heavy (non-hydrogen) atoms. The minimum Gasteiger partial charge on any atom is -0.463 e. The Morgan fingerprint density at radius 1 is 0.718 bits per heavy atom. The molecule has 1 fully saturated rings. The monoisotopic (exact) mass is 527 g/mol. The van der Waals surface area contributed by atoms with Crippen molar-refractivity contribution in [2.24, 2.45) is 20.2 Å². The third-order valence-corrected chi connectivity index (χ3v) is 6.74. The molecule has 6 rings (SSSR count). The van der Waals surface area contributed by atoms with Crippen molar-refractivity contribution < 1.29 is 4.42 Å². The van der Waals surface area contributed by atoms with Gasteiger partial charge in [-0.25, -0.2) is 9.98 Å². The number of thioether (sulfide) groups is 1. The first-order valence-electron chi connectivity index (χ1n) is 12.2. The number of nitrogens with zero attached hydrogens (tertiary/aromatic N) is 5. The highest BCUT2D eigenvalue weighted by Gasteiger charge is 2.34.